The van der Waals surface area contributed by atoms with E-state index in [-0.39, 0.29) is 0 Å². The number of nitrogens with zero attached hydrogens (tertiary/aromatic N) is 1. The molecular formula is C73H47NO2. The largest absolute Gasteiger partial charge is 0.455 e. The Hall–Kier alpha value is -9.96. The van der Waals surface area contributed by atoms with Gasteiger partial charge in [-0.2, -0.15) is 0 Å². The Morgan fingerprint density at radius 1 is 0.316 bits per heavy atom. The van der Waals surface area contributed by atoms with Gasteiger partial charge in [0.05, 0.1) is 0 Å². The molecule has 0 unspecified atom stereocenters. The third-order valence-corrected chi connectivity index (χ3v) is 15.6. The lowest BCUT2D eigenvalue weighted by molar-refractivity contribution is 0.669. The minimum Gasteiger partial charge on any atom is -0.455 e. The Kier molecular flexibility index (Phi) is 10.1. The second-order valence-electron chi connectivity index (χ2n) is 19.9. The van der Waals surface area contributed by atoms with Crippen molar-refractivity contribution in [2.75, 3.05) is 11.4 Å². The van der Waals surface area contributed by atoms with Crippen LogP contribution in [0.2, 0.25) is 0 Å². The summed E-state index contributed by atoms with van der Waals surface area (Å²) in [5, 5.41) is 11.9. The van der Waals surface area contributed by atoms with Crippen LogP contribution in [0.15, 0.2) is 276 Å². The SMILES string of the molecule is C=C1/C=C(c2cccc3c2oc2c(-c4ccccc4)cccc23)\C=C/CN(c2cccc(-c3ccc4c5ccccc5c5ccccc5c4c3)c2)c2ccc(-c3cccc4c3oc3c(-c5ccccc5)cccc34)cc21. The van der Waals surface area contributed by atoms with Crippen molar-refractivity contribution >= 4 is 98.7 Å². The van der Waals surface area contributed by atoms with Gasteiger partial charge in [-0.25, -0.2) is 0 Å². The molecule has 2 aromatic heterocycles. The molecule has 15 rings (SSSR count). The van der Waals surface area contributed by atoms with Crippen molar-refractivity contribution in [2.45, 2.75) is 0 Å². The zero-order valence-electron chi connectivity index (χ0n) is 41.5. The maximum absolute atomic E-state index is 7.00. The highest BCUT2D eigenvalue weighted by atomic mass is 16.3. The summed E-state index contributed by atoms with van der Waals surface area (Å²) in [5.74, 6) is 0. The molecule has 3 heteroatoms. The zero-order chi connectivity index (χ0) is 50.3. The summed E-state index contributed by atoms with van der Waals surface area (Å²) in [4.78, 5) is 2.42. The van der Waals surface area contributed by atoms with E-state index < -0.39 is 0 Å². The van der Waals surface area contributed by atoms with E-state index in [1.807, 2.05) is 0 Å². The van der Waals surface area contributed by atoms with Gasteiger partial charge in [0.25, 0.3) is 0 Å². The Labute approximate surface area is 439 Å². The summed E-state index contributed by atoms with van der Waals surface area (Å²) in [7, 11) is 0. The van der Waals surface area contributed by atoms with E-state index in [0.29, 0.717) is 6.54 Å². The molecule has 0 N–H and O–H groups in total. The first kappa shape index (κ1) is 43.6. The highest BCUT2D eigenvalue weighted by Gasteiger charge is 2.23. The summed E-state index contributed by atoms with van der Waals surface area (Å²) in [6.07, 6.45) is 6.75. The zero-order valence-corrected chi connectivity index (χ0v) is 41.5. The third-order valence-electron chi connectivity index (χ3n) is 15.6. The second kappa shape index (κ2) is 17.6. The molecule has 0 aliphatic carbocycles. The van der Waals surface area contributed by atoms with E-state index in [4.69, 9.17) is 15.4 Å². The molecule has 0 fully saturated rings. The number of furan rings is 2. The minimum atomic E-state index is 0.602. The predicted molar refractivity (Wildman–Crippen MR) is 321 cm³/mol. The highest BCUT2D eigenvalue weighted by molar-refractivity contribution is 6.26. The van der Waals surface area contributed by atoms with Crippen LogP contribution in [0.25, 0.3) is 132 Å². The number of hydrogen-bond donors (Lipinski definition) is 0. The van der Waals surface area contributed by atoms with Gasteiger partial charge in [0.15, 0.2) is 0 Å². The lowest BCUT2D eigenvalue weighted by atomic mass is 9.92. The van der Waals surface area contributed by atoms with Gasteiger partial charge in [-0.05, 0) is 108 Å². The van der Waals surface area contributed by atoms with Crippen molar-refractivity contribution in [3.05, 3.63) is 279 Å². The Morgan fingerprint density at radius 2 is 0.750 bits per heavy atom. The van der Waals surface area contributed by atoms with Crippen LogP contribution in [0.5, 0.6) is 0 Å². The number of hydrogen-bond acceptors (Lipinski definition) is 3. The van der Waals surface area contributed by atoms with Gasteiger partial charge in [0, 0.05) is 67.3 Å². The van der Waals surface area contributed by atoms with Crippen molar-refractivity contribution in [2.24, 2.45) is 0 Å². The topological polar surface area (TPSA) is 29.5 Å². The number of fused-ring (bicyclic) bond motifs is 13. The Balaban J connectivity index is 0.897. The molecule has 1 aliphatic rings. The fraction of sp³-hybridized carbons (Fsp3) is 0.0137. The van der Waals surface area contributed by atoms with Gasteiger partial charge in [-0.15, -0.1) is 0 Å². The molecule has 0 bridgehead atoms. The van der Waals surface area contributed by atoms with Crippen LogP contribution in [0.1, 0.15) is 11.1 Å². The van der Waals surface area contributed by atoms with Gasteiger partial charge in [-0.1, -0.05) is 231 Å². The van der Waals surface area contributed by atoms with Gasteiger partial charge in [0.2, 0.25) is 0 Å². The monoisotopic (exact) mass is 969 g/mol. The van der Waals surface area contributed by atoms with Crippen LogP contribution in [-0.2, 0) is 0 Å². The molecule has 76 heavy (non-hydrogen) atoms. The summed E-state index contributed by atoms with van der Waals surface area (Å²) >= 11 is 0. The van der Waals surface area contributed by atoms with E-state index in [1.165, 1.54) is 37.9 Å². The third kappa shape index (κ3) is 7.05. The van der Waals surface area contributed by atoms with Crippen LogP contribution in [0, 0.1) is 0 Å². The number of para-hydroxylation sites is 4. The molecule has 0 saturated heterocycles. The molecule has 0 radical (unpaired) electrons. The van der Waals surface area contributed by atoms with Gasteiger partial charge >= 0.3 is 0 Å². The average molecular weight is 970 g/mol. The van der Waals surface area contributed by atoms with E-state index in [0.717, 1.165) is 116 Å². The van der Waals surface area contributed by atoms with Crippen molar-refractivity contribution in [3.8, 4) is 44.5 Å². The molecular weight excluding hydrogens is 923 g/mol. The molecule has 0 spiro atoms. The molecule has 356 valence electrons. The lowest BCUT2D eigenvalue weighted by Crippen LogP contribution is -2.18. The number of benzene rings is 12. The predicted octanol–water partition coefficient (Wildman–Crippen LogP) is 20.4. The minimum absolute atomic E-state index is 0.602. The van der Waals surface area contributed by atoms with E-state index >= 15 is 0 Å². The molecule has 3 heterocycles. The Bertz CT molecular complexity index is 4710. The smallest absolute Gasteiger partial charge is 0.143 e. The van der Waals surface area contributed by atoms with Gasteiger partial charge in [-0.3, -0.25) is 0 Å². The summed E-state index contributed by atoms with van der Waals surface area (Å²) in [5.41, 5.74) is 18.3. The molecule has 3 nitrogen and oxygen atoms in total. The van der Waals surface area contributed by atoms with Crippen molar-refractivity contribution in [1.29, 1.82) is 0 Å². The molecule has 0 saturated carbocycles. The first-order valence-electron chi connectivity index (χ1n) is 26.0. The standard InChI is InChI=1S/C73H47NO2/c1-46-42-51(56-31-15-35-65-63-33-13-29-54(70(63)75-72(56)65)47-18-4-2-5-19-47)23-17-41-74(53-24-12-22-49(43-53)50-37-39-62-60-27-9-8-25-58(60)59-26-10-11-28-61(59)68(62)44-50)69-40-38-52(45-67(46)69)57-32-16-36-66-64-34-14-30-55(71(64)76-73(57)66)48-20-6-3-7-21-48/h2-40,42-45H,1,41H2/b23-17-,51-42+. The maximum atomic E-state index is 7.00. The summed E-state index contributed by atoms with van der Waals surface area (Å²) in [6, 6.07) is 87.2. The fourth-order valence-electron chi connectivity index (χ4n) is 12.0. The first-order valence-corrected chi connectivity index (χ1v) is 26.0. The highest BCUT2D eigenvalue weighted by Crippen LogP contribution is 2.46. The lowest BCUT2D eigenvalue weighted by Gasteiger charge is -2.27. The molecule has 1 aliphatic heterocycles. The number of allylic oxidation sites excluding steroid dienone is 4. The van der Waals surface area contributed by atoms with E-state index in [2.05, 4.69) is 266 Å². The average Bonchev–Trinajstić information content (AvgIpc) is 4.11. The van der Waals surface area contributed by atoms with Crippen molar-refractivity contribution in [1.82, 2.24) is 0 Å². The van der Waals surface area contributed by atoms with Crippen LogP contribution < -0.4 is 4.90 Å². The van der Waals surface area contributed by atoms with Crippen LogP contribution in [0.4, 0.5) is 11.4 Å². The number of anilines is 2. The quantitative estimate of drug-likeness (QED) is 0.156. The molecule has 12 aromatic carbocycles. The Morgan fingerprint density at radius 3 is 1.33 bits per heavy atom. The second-order valence-corrected chi connectivity index (χ2v) is 19.9. The normalized spacial score (nSPS) is 14.1. The van der Waals surface area contributed by atoms with Crippen molar-refractivity contribution < 1.29 is 8.83 Å². The van der Waals surface area contributed by atoms with E-state index in [9.17, 15) is 0 Å². The van der Waals surface area contributed by atoms with Crippen LogP contribution in [-0.4, -0.2) is 6.54 Å². The van der Waals surface area contributed by atoms with E-state index in [1.54, 1.807) is 0 Å². The maximum Gasteiger partial charge on any atom is 0.143 e. The molecule has 0 amide bonds. The summed E-state index contributed by atoms with van der Waals surface area (Å²) < 4.78 is 14.0. The molecule has 14 aromatic rings. The van der Waals surface area contributed by atoms with Crippen LogP contribution in [0.3, 0.4) is 0 Å². The van der Waals surface area contributed by atoms with Crippen LogP contribution >= 0.6 is 0 Å². The van der Waals surface area contributed by atoms with Gasteiger partial charge < -0.3 is 13.7 Å². The first-order chi connectivity index (χ1) is 37.6. The summed E-state index contributed by atoms with van der Waals surface area (Å²) in [6.45, 7) is 5.51. The van der Waals surface area contributed by atoms with Gasteiger partial charge in [0.1, 0.15) is 22.3 Å². The number of rotatable bonds is 6. The molecule has 0 atom stereocenters. The fourth-order valence-corrected chi connectivity index (χ4v) is 12.0. The van der Waals surface area contributed by atoms with Crippen molar-refractivity contribution in [3.63, 3.8) is 0 Å².